The fourth-order valence-electron chi connectivity index (χ4n) is 3.07. The van der Waals surface area contributed by atoms with Gasteiger partial charge in [-0.2, -0.15) is 0 Å². The average Bonchev–Trinajstić information content (AvgIpc) is 3.19. The first-order chi connectivity index (χ1) is 9.69. The van der Waals surface area contributed by atoms with Crippen LogP contribution >= 0.6 is 0 Å². The minimum atomic E-state index is 0.527. The normalized spacial score (nSPS) is 16.8. The molecule has 0 saturated heterocycles. The van der Waals surface area contributed by atoms with E-state index in [9.17, 15) is 0 Å². The van der Waals surface area contributed by atoms with Crippen LogP contribution in [0.1, 0.15) is 32.3 Å². The zero-order valence-corrected chi connectivity index (χ0v) is 12.7. The number of hydrogen-bond donors (Lipinski definition) is 1. The van der Waals surface area contributed by atoms with E-state index in [1.165, 1.54) is 42.1 Å². The molecule has 0 aliphatic heterocycles. The molecule has 1 aliphatic rings. The summed E-state index contributed by atoms with van der Waals surface area (Å²) in [5, 5.41) is 6.46. The van der Waals surface area contributed by atoms with Gasteiger partial charge < -0.3 is 5.32 Å². The van der Waals surface area contributed by atoms with Crippen LogP contribution in [0.5, 0.6) is 0 Å². The molecule has 20 heavy (non-hydrogen) atoms. The van der Waals surface area contributed by atoms with Crippen molar-refractivity contribution in [3.05, 3.63) is 48.0 Å². The molecule has 1 N–H and O–H groups in total. The maximum absolute atomic E-state index is 3.66. The van der Waals surface area contributed by atoms with Gasteiger partial charge in [-0.25, -0.2) is 0 Å². The molecule has 0 heterocycles. The van der Waals surface area contributed by atoms with E-state index >= 15 is 0 Å². The number of hydrogen-bond acceptors (Lipinski definition) is 1. The van der Waals surface area contributed by atoms with Gasteiger partial charge in [-0.15, -0.1) is 0 Å². The Balaban J connectivity index is 1.73. The van der Waals surface area contributed by atoms with Gasteiger partial charge >= 0.3 is 0 Å². The van der Waals surface area contributed by atoms with Crippen molar-refractivity contribution in [1.82, 2.24) is 5.32 Å². The molecule has 1 heteroatoms. The number of rotatable bonds is 6. The highest BCUT2D eigenvalue weighted by Crippen LogP contribution is 2.48. The van der Waals surface area contributed by atoms with Crippen molar-refractivity contribution >= 4 is 10.8 Å². The lowest BCUT2D eigenvalue weighted by Crippen LogP contribution is -2.28. The SMILES string of the molecule is CC(C)CNCC1(Cc2cccc3ccccc23)CC1. The highest BCUT2D eigenvalue weighted by molar-refractivity contribution is 5.85. The molecule has 0 atom stereocenters. The predicted octanol–water partition coefficient (Wildman–Crippen LogP) is 4.41. The van der Waals surface area contributed by atoms with E-state index in [1.807, 2.05) is 0 Å². The van der Waals surface area contributed by atoms with Crippen LogP contribution in [0.4, 0.5) is 0 Å². The van der Waals surface area contributed by atoms with Crippen molar-refractivity contribution in [3.8, 4) is 0 Å². The number of benzene rings is 2. The molecule has 1 aliphatic carbocycles. The van der Waals surface area contributed by atoms with Gasteiger partial charge in [0, 0.05) is 6.54 Å². The standard InChI is InChI=1S/C19H25N/c1-15(2)13-20-14-19(10-11-19)12-17-8-5-7-16-6-3-4-9-18(16)17/h3-9,15,20H,10-14H2,1-2H3. The third kappa shape index (κ3) is 3.04. The van der Waals surface area contributed by atoms with E-state index in [2.05, 4.69) is 61.6 Å². The molecule has 1 saturated carbocycles. The van der Waals surface area contributed by atoms with Gasteiger partial charge in [0.1, 0.15) is 0 Å². The van der Waals surface area contributed by atoms with Crippen LogP contribution < -0.4 is 5.32 Å². The van der Waals surface area contributed by atoms with E-state index in [-0.39, 0.29) is 0 Å². The summed E-state index contributed by atoms with van der Waals surface area (Å²) >= 11 is 0. The largest absolute Gasteiger partial charge is 0.316 e. The number of fused-ring (bicyclic) bond motifs is 1. The fraction of sp³-hybridized carbons (Fsp3) is 0.474. The Morgan fingerprint density at radius 1 is 1.05 bits per heavy atom. The summed E-state index contributed by atoms with van der Waals surface area (Å²) < 4.78 is 0. The summed E-state index contributed by atoms with van der Waals surface area (Å²) in [4.78, 5) is 0. The molecule has 0 bridgehead atoms. The van der Waals surface area contributed by atoms with Crippen LogP contribution in [0.15, 0.2) is 42.5 Å². The van der Waals surface area contributed by atoms with E-state index in [0.717, 1.165) is 12.5 Å². The number of nitrogens with one attached hydrogen (secondary N) is 1. The smallest absolute Gasteiger partial charge is 0.00111 e. The molecule has 0 aromatic heterocycles. The first-order valence-electron chi connectivity index (χ1n) is 7.86. The van der Waals surface area contributed by atoms with Gasteiger partial charge in [-0.1, -0.05) is 56.3 Å². The highest BCUT2D eigenvalue weighted by atomic mass is 14.9. The first kappa shape index (κ1) is 13.6. The van der Waals surface area contributed by atoms with Crippen LogP contribution in [0.2, 0.25) is 0 Å². The summed E-state index contributed by atoms with van der Waals surface area (Å²) in [5.74, 6) is 0.739. The maximum Gasteiger partial charge on any atom is 0.00111 e. The quantitative estimate of drug-likeness (QED) is 0.817. The molecule has 0 amide bonds. The molecule has 0 spiro atoms. The predicted molar refractivity (Wildman–Crippen MR) is 87.0 cm³/mol. The maximum atomic E-state index is 3.66. The van der Waals surface area contributed by atoms with Crippen LogP contribution in [0.25, 0.3) is 10.8 Å². The Morgan fingerprint density at radius 3 is 2.55 bits per heavy atom. The minimum Gasteiger partial charge on any atom is -0.316 e. The summed E-state index contributed by atoms with van der Waals surface area (Å²) in [7, 11) is 0. The lowest BCUT2D eigenvalue weighted by atomic mass is 9.92. The monoisotopic (exact) mass is 267 g/mol. The van der Waals surface area contributed by atoms with E-state index in [0.29, 0.717) is 5.41 Å². The Kier molecular flexibility index (Phi) is 3.80. The molecule has 1 fully saturated rings. The van der Waals surface area contributed by atoms with E-state index < -0.39 is 0 Å². The molecular weight excluding hydrogens is 242 g/mol. The van der Waals surface area contributed by atoms with Crippen molar-refractivity contribution < 1.29 is 0 Å². The average molecular weight is 267 g/mol. The van der Waals surface area contributed by atoms with Gasteiger partial charge in [0.2, 0.25) is 0 Å². The van der Waals surface area contributed by atoms with Gasteiger partial charge in [0.05, 0.1) is 0 Å². The van der Waals surface area contributed by atoms with Crippen molar-refractivity contribution in [1.29, 1.82) is 0 Å². The third-order valence-electron chi connectivity index (χ3n) is 4.46. The summed E-state index contributed by atoms with van der Waals surface area (Å²) in [5.41, 5.74) is 2.05. The van der Waals surface area contributed by atoms with Gasteiger partial charge in [-0.3, -0.25) is 0 Å². The Labute approximate surface area is 122 Å². The lowest BCUT2D eigenvalue weighted by molar-refractivity contribution is 0.433. The topological polar surface area (TPSA) is 12.0 Å². The van der Waals surface area contributed by atoms with Gasteiger partial charge in [0.25, 0.3) is 0 Å². The Hall–Kier alpha value is -1.34. The Bertz CT molecular complexity index is 576. The molecular formula is C19H25N. The second-order valence-corrected chi connectivity index (χ2v) is 6.84. The fourth-order valence-corrected chi connectivity index (χ4v) is 3.07. The van der Waals surface area contributed by atoms with Crippen molar-refractivity contribution in [2.75, 3.05) is 13.1 Å². The molecule has 3 rings (SSSR count). The molecule has 0 unspecified atom stereocenters. The summed E-state index contributed by atoms with van der Waals surface area (Å²) in [6, 6.07) is 15.5. The van der Waals surface area contributed by atoms with Crippen LogP contribution in [-0.4, -0.2) is 13.1 Å². The third-order valence-corrected chi connectivity index (χ3v) is 4.46. The van der Waals surface area contributed by atoms with Crippen molar-refractivity contribution in [2.45, 2.75) is 33.1 Å². The molecule has 1 nitrogen and oxygen atoms in total. The molecule has 2 aromatic carbocycles. The second-order valence-electron chi connectivity index (χ2n) is 6.84. The van der Waals surface area contributed by atoms with E-state index in [1.54, 1.807) is 0 Å². The summed E-state index contributed by atoms with van der Waals surface area (Å²) in [6.45, 7) is 6.86. The van der Waals surface area contributed by atoms with Gasteiger partial charge in [-0.05, 0) is 53.5 Å². The first-order valence-corrected chi connectivity index (χ1v) is 7.86. The zero-order valence-electron chi connectivity index (χ0n) is 12.7. The zero-order chi connectivity index (χ0) is 14.0. The van der Waals surface area contributed by atoms with Gasteiger partial charge in [0.15, 0.2) is 0 Å². The Morgan fingerprint density at radius 2 is 1.80 bits per heavy atom. The molecule has 2 aromatic rings. The molecule has 106 valence electrons. The van der Waals surface area contributed by atoms with E-state index in [4.69, 9.17) is 0 Å². The van der Waals surface area contributed by atoms with Crippen LogP contribution in [0, 0.1) is 11.3 Å². The molecule has 0 radical (unpaired) electrons. The van der Waals surface area contributed by atoms with Crippen LogP contribution in [-0.2, 0) is 6.42 Å². The van der Waals surface area contributed by atoms with Crippen molar-refractivity contribution in [3.63, 3.8) is 0 Å². The highest BCUT2D eigenvalue weighted by Gasteiger charge is 2.42. The summed E-state index contributed by atoms with van der Waals surface area (Å²) in [6.07, 6.45) is 3.97. The lowest BCUT2D eigenvalue weighted by Gasteiger charge is -2.18. The van der Waals surface area contributed by atoms with Crippen LogP contribution in [0.3, 0.4) is 0 Å². The van der Waals surface area contributed by atoms with Crippen molar-refractivity contribution in [2.24, 2.45) is 11.3 Å². The minimum absolute atomic E-state index is 0.527. The second kappa shape index (κ2) is 5.57.